The van der Waals surface area contributed by atoms with Crippen LogP contribution in [-0.4, -0.2) is 26.6 Å². The second-order valence-corrected chi connectivity index (χ2v) is 7.88. The number of benzene rings is 2. The second-order valence-electron chi connectivity index (χ2n) is 7.88. The summed E-state index contributed by atoms with van der Waals surface area (Å²) in [6, 6.07) is 20.0. The Labute approximate surface area is 171 Å². The number of carbonyl (C=O) groups excluding carboxylic acids is 1. The lowest BCUT2D eigenvalue weighted by molar-refractivity contribution is -0.135. The lowest BCUT2D eigenvalue weighted by Gasteiger charge is -2.25. The smallest absolute Gasteiger partial charge is 0.227 e. The molecule has 5 heteroatoms. The first kappa shape index (κ1) is 19.2. The van der Waals surface area contributed by atoms with E-state index in [0.29, 0.717) is 18.5 Å². The van der Waals surface area contributed by atoms with Gasteiger partial charge in [-0.05, 0) is 44.0 Å². The number of hydrogen-bond acceptors (Lipinski definition) is 3. The standard InChI is InChI=1S/C24H27N3O2/c1-17(2)23(28)26(19-14-15-19)16-22-18(3)25-27(20-10-6-4-7-11-20)24(22)29-21-12-8-5-9-13-21/h4-13,17,19H,14-16H2,1-3H3. The minimum Gasteiger partial charge on any atom is -0.439 e. The molecular weight excluding hydrogens is 362 g/mol. The molecule has 150 valence electrons. The molecule has 0 unspecified atom stereocenters. The molecule has 1 aliphatic carbocycles. The van der Waals surface area contributed by atoms with Gasteiger partial charge in [0.2, 0.25) is 11.8 Å². The number of hydrogen-bond donors (Lipinski definition) is 0. The van der Waals surface area contributed by atoms with Gasteiger partial charge in [-0.2, -0.15) is 5.10 Å². The molecule has 1 amide bonds. The molecule has 0 bridgehead atoms. The van der Waals surface area contributed by atoms with E-state index in [9.17, 15) is 4.79 Å². The largest absolute Gasteiger partial charge is 0.439 e. The van der Waals surface area contributed by atoms with E-state index in [2.05, 4.69) is 0 Å². The van der Waals surface area contributed by atoms with Crippen LogP contribution in [-0.2, 0) is 11.3 Å². The number of amides is 1. The monoisotopic (exact) mass is 389 g/mol. The summed E-state index contributed by atoms with van der Waals surface area (Å²) >= 11 is 0. The van der Waals surface area contributed by atoms with E-state index in [1.807, 2.05) is 91.0 Å². The van der Waals surface area contributed by atoms with Crippen LogP contribution in [0.15, 0.2) is 60.7 Å². The Kier molecular flexibility index (Phi) is 5.38. The summed E-state index contributed by atoms with van der Waals surface area (Å²) in [6.45, 7) is 6.42. The first-order valence-corrected chi connectivity index (χ1v) is 10.2. The van der Waals surface area contributed by atoms with E-state index >= 15 is 0 Å². The molecule has 1 saturated carbocycles. The number of para-hydroxylation sites is 2. The van der Waals surface area contributed by atoms with Gasteiger partial charge in [-0.1, -0.05) is 50.2 Å². The Morgan fingerprint density at radius 1 is 1.10 bits per heavy atom. The zero-order valence-corrected chi connectivity index (χ0v) is 17.2. The number of aromatic nitrogens is 2. The van der Waals surface area contributed by atoms with Crippen molar-refractivity contribution in [2.45, 2.75) is 46.2 Å². The Morgan fingerprint density at radius 2 is 1.72 bits per heavy atom. The van der Waals surface area contributed by atoms with Crippen molar-refractivity contribution in [3.8, 4) is 17.3 Å². The normalized spacial score (nSPS) is 13.5. The topological polar surface area (TPSA) is 47.4 Å². The van der Waals surface area contributed by atoms with E-state index in [-0.39, 0.29) is 11.8 Å². The highest BCUT2D eigenvalue weighted by molar-refractivity contribution is 5.79. The van der Waals surface area contributed by atoms with Gasteiger partial charge in [0.1, 0.15) is 5.75 Å². The van der Waals surface area contributed by atoms with Crippen molar-refractivity contribution < 1.29 is 9.53 Å². The Morgan fingerprint density at radius 3 is 2.31 bits per heavy atom. The van der Waals surface area contributed by atoms with Crippen molar-refractivity contribution in [2.24, 2.45) is 5.92 Å². The summed E-state index contributed by atoms with van der Waals surface area (Å²) in [4.78, 5) is 14.8. The quantitative estimate of drug-likeness (QED) is 0.563. The van der Waals surface area contributed by atoms with Crippen LogP contribution < -0.4 is 4.74 Å². The van der Waals surface area contributed by atoms with Crippen LogP contribution in [0.25, 0.3) is 5.69 Å². The zero-order valence-electron chi connectivity index (χ0n) is 17.2. The van der Waals surface area contributed by atoms with Crippen LogP contribution in [0.4, 0.5) is 0 Å². The first-order valence-electron chi connectivity index (χ1n) is 10.2. The average molecular weight is 389 g/mol. The number of carbonyl (C=O) groups is 1. The fraction of sp³-hybridized carbons (Fsp3) is 0.333. The molecule has 0 aliphatic heterocycles. The average Bonchev–Trinajstić information content (AvgIpc) is 3.53. The summed E-state index contributed by atoms with van der Waals surface area (Å²) in [6.07, 6.45) is 2.14. The number of aryl methyl sites for hydroxylation is 1. The molecule has 1 fully saturated rings. The molecule has 1 aromatic heterocycles. The molecule has 3 aromatic rings. The Bertz CT molecular complexity index is 976. The van der Waals surface area contributed by atoms with Crippen molar-refractivity contribution in [3.63, 3.8) is 0 Å². The van der Waals surface area contributed by atoms with Gasteiger partial charge in [-0.25, -0.2) is 4.68 Å². The Hall–Kier alpha value is -3.08. The van der Waals surface area contributed by atoms with Crippen LogP contribution in [0.1, 0.15) is 37.9 Å². The molecule has 29 heavy (non-hydrogen) atoms. The third-order valence-corrected chi connectivity index (χ3v) is 5.19. The van der Waals surface area contributed by atoms with Gasteiger partial charge in [0, 0.05) is 12.0 Å². The number of nitrogens with zero attached hydrogens (tertiary/aromatic N) is 3. The molecule has 0 saturated heterocycles. The van der Waals surface area contributed by atoms with Crippen molar-refractivity contribution >= 4 is 5.91 Å². The maximum atomic E-state index is 12.8. The zero-order chi connectivity index (χ0) is 20.4. The second kappa shape index (κ2) is 8.11. The summed E-state index contributed by atoms with van der Waals surface area (Å²) in [7, 11) is 0. The minimum absolute atomic E-state index is 0.0291. The van der Waals surface area contributed by atoms with Crippen LogP contribution >= 0.6 is 0 Å². The van der Waals surface area contributed by atoms with Crippen molar-refractivity contribution in [1.82, 2.24) is 14.7 Å². The molecular formula is C24H27N3O2. The maximum Gasteiger partial charge on any atom is 0.227 e. The van der Waals surface area contributed by atoms with E-state index in [1.165, 1.54) is 0 Å². The molecule has 4 rings (SSSR count). The lowest BCUT2D eigenvalue weighted by Crippen LogP contribution is -2.35. The fourth-order valence-electron chi connectivity index (χ4n) is 3.44. The van der Waals surface area contributed by atoms with Crippen molar-refractivity contribution in [2.75, 3.05) is 0 Å². The summed E-state index contributed by atoms with van der Waals surface area (Å²) in [5.41, 5.74) is 2.77. The van der Waals surface area contributed by atoms with Crippen LogP contribution in [0.3, 0.4) is 0 Å². The van der Waals surface area contributed by atoms with E-state index < -0.39 is 0 Å². The van der Waals surface area contributed by atoms with Crippen molar-refractivity contribution in [3.05, 3.63) is 71.9 Å². The van der Waals surface area contributed by atoms with Gasteiger partial charge in [0.15, 0.2) is 0 Å². The van der Waals surface area contributed by atoms with Gasteiger partial charge in [-0.15, -0.1) is 0 Å². The SMILES string of the molecule is Cc1nn(-c2ccccc2)c(Oc2ccccc2)c1CN(C(=O)C(C)C)C1CC1. The first-order chi connectivity index (χ1) is 14.0. The van der Waals surface area contributed by atoms with Crippen LogP contribution in [0, 0.1) is 12.8 Å². The third kappa shape index (κ3) is 4.19. The molecule has 0 atom stereocenters. The van der Waals surface area contributed by atoms with E-state index in [1.54, 1.807) is 0 Å². The highest BCUT2D eigenvalue weighted by Gasteiger charge is 2.35. The lowest BCUT2D eigenvalue weighted by atomic mass is 10.1. The number of rotatable bonds is 7. The van der Waals surface area contributed by atoms with Crippen LogP contribution in [0.5, 0.6) is 11.6 Å². The van der Waals surface area contributed by atoms with Gasteiger partial charge in [-0.3, -0.25) is 4.79 Å². The fourth-order valence-corrected chi connectivity index (χ4v) is 3.44. The summed E-state index contributed by atoms with van der Waals surface area (Å²) in [5.74, 6) is 1.57. The van der Waals surface area contributed by atoms with Gasteiger partial charge < -0.3 is 9.64 Å². The van der Waals surface area contributed by atoms with Gasteiger partial charge >= 0.3 is 0 Å². The van der Waals surface area contributed by atoms with Crippen LogP contribution in [0.2, 0.25) is 0 Å². The molecule has 0 radical (unpaired) electrons. The molecule has 0 spiro atoms. The minimum atomic E-state index is -0.0291. The third-order valence-electron chi connectivity index (χ3n) is 5.19. The Balaban J connectivity index is 1.76. The van der Waals surface area contributed by atoms with Crippen molar-refractivity contribution in [1.29, 1.82) is 0 Å². The molecule has 1 aliphatic rings. The van der Waals surface area contributed by atoms with Gasteiger partial charge in [0.05, 0.1) is 23.5 Å². The molecule has 5 nitrogen and oxygen atoms in total. The van der Waals surface area contributed by atoms with Gasteiger partial charge in [0.25, 0.3) is 0 Å². The maximum absolute atomic E-state index is 12.8. The summed E-state index contributed by atoms with van der Waals surface area (Å²) in [5, 5.41) is 4.77. The summed E-state index contributed by atoms with van der Waals surface area (Å²) < 4.78 is 8.16. The molecule has 2 aromatic carbocycles. The predicted octanol–water partition coefficient (Wildman–Crippen LogP) is 5.12. The molecule has 1 heterocycles. The highest BCUT2D eigenvalue weighted by Crippen LogP contribution is 2.35. The predicted molar refractivity (Wildman–Crippen MR) is 113 cm³/mol. The number of ether oxygens (including phenoxy) is 1. The van der Waals surface area contributed by atoms with E-state index in [4.69, 9.17) is 9.84 Å². The molecule has 0 N–H and O–H groups in total. The highest BCUT2D eigenvalue weighted by atomic mass is 16.5. The van der Waals surface area contributed by atoms with E-state index in [0.717, 1.165) is 35.5 Å².